The monoisotopic (exact) mass is 363 g/mol. The Morgan fingerprint density at radius 2 is 2.07 bits per heavy atom. The molecule has 0 spiro atoms. The number of nitrogens with zero attached hydrogens (tertiary/aromatic N) is 5. The molecule has 1 aromatic heterocycles. The number of pyridine rings is 1. The summed E-state index contributed by atoms with van der Waals surface area (Å²) in [6, 6.07) is 10.2. The van der Waals surface area contributed by atoms with Crippen molar-refractivity contribution < 1.29 is 9.86 Å². The molecule has 0 aliphatic carbocycles. The van der Waals surface area contributed by atoms with Crippen molar-refractivity contribution in [1.82, 2.24) is 9.88 Å². The molecule has 1 atom stereocenters. The third-order valence-electron chi connectivity index (χ3n) is 4.34. The van der Waals surface area contributed by atoms with Gasteiger partial charge in [-0.2, -0.15) is 0 Å². The SMILES string of the molecule is CC1=C[C@@H]2N(C=C1)C(c1cccc([N+](=O)[O-])c1)=NON2c1cc(C)ccn1. The maximum atomic E-state index is 11.1. The van der Waals surface area contributed by atoms with Crippen LogP contribution >= 0.6 is 0 Å². The van der Waals surface area contributed by atoms with Gasteiger partial charge in [-0.15, -0.1) is 5.06 Å². The van der Waals surface area contributed by atoms with Gasteiger partial charge in [-0.05, 0) is 54.4 Å². The molecule has 1 aromatic carbocycles. The second kappa shape index (κ2) is 6.56. The van der Waals surface area contributed by atoms with E-state index in [1.54, 1.807) is 23.4 Å². The van der Waals surface area contributed by atoms with E-state index in [9.17, 15) is 10.1 Å². The van der Waals surface area contributed by atoms with Crippen molar-refractivity contribution in [3.05, 3.63) is 87.8 Å². The van der Waals surface area contributed by atoms with Gasteiger partial charge in [0.15, 0.2) is 17.8 Å². The van der Waals surface area contributed by atoms with Crippen LogP contribution in [0.3, 0.4) is 0 Å². The summed E-state index contributed by atoms with van der Waals surface area (Å²) in [7, 11) is 0. The lowest BCUT2D eigenvalue weighted by Crippen LogP contribution is -2.52. The van der Waals surface area contributed by atoms with Crippen molar-refractivity contribution >= 4 is 17.3 Å². The molecule has 0 radical (unpaired) electrons. The molecular weight excluding hydrogens is 346 g/mol. The first-order valence-electron chi connectivity index (χ1n) is 8.40. The second-order valence-corrected chi connectivity index (χ2v) is 6.37. The molecular formula is C19H17N5O3. The van der Waals surface area contributed by atoms with Crippen LogP contribution in [0.25, 0.3) is 0 Å². The smallest absolute Gasteiger partial charge is 0.270 e. The number of anilines is 1. The number of amidine groups is 1. The van der Waals surface area contributed by atoms with Crippen LogP contribution in [0.4, 0.5) is 11.5 Å². The summed E-state index contributed by atoms with van der Waals surface area (Å²) < 4.78 is 0. The van der Waals surface area contributed by atoms with Gasteiger partial charge in [-0.25, -0.2) is 4.98 Å². The third-order valence-corrected chi connectivity index (χ3v) is 4.34. The molecule has 0 amide bonds. The fourth-order valence-corrected chi connectivity index (χ4v) is 2.99. The summed E-state index contributed by atoms with van der Waals surface area (Å²) in [5, 5.41) is 16.9. The number of fused-ring (bicyclic) bond motifs is 1. The summed E-state index contributed by atoms with van der Waals surface area (Å²) in [6.07, 6.45) is 7.28. The summed E-state index contributed by atoms with van der Waals surface area (Å²) in [5.41, 5.74) is 2.72. The highest BCUT2D eigenvalue weighted by molar-refractivity contribution is 6.00. The van der Waals surface area contributed by atoms with E-state index in [1.807, 2.05) is 49.2 Å². The number of allylic oxidation sites excluding steroid dienone is 2. The number of aryl methyl sites for hydroxylation is 1. The fraction of sp³-hybridized carbons (Fsp3) is 0.158. The van der Waals surface area contributed by atoms with Gasteiger partial charge in [-0.3, -0.25) is 15.1 Å². The van der Waals surface area contributed by atoms with Crippen molar-refractivity contribution in [3.63, 3.8) is 0 Å². The topological polar surface area (TPSA) is 84.1 Å². The predicted octanol–water partition coefficient (Wildman–Crippen LogP) is 3.51. The molecule has 0 fully saturated rings. The Bertz CT molecular complexity index is 998. The van der Waals surface area contributed by atoms with Gasteiger partial charge in [-0.1, -0.05) is 12.1 Å². The maximum Gasteiger partial charge on any atom is 0.270 e. The molecule has 0 saturated carbocycles. The zero-order valence-corrected chi connectivity index (χ0v) is 14.8. The molecule has 136 valence electrons. The lowest BCUT2D eigenvalue weighted by molar-refractivity contribution is -0.384. The number of hydroxylamine groups is 1. The summed E-state index contributed by atoms with van der Waals surface area (Å²) >= 11 is 0. The Kier molecular flexibility index (Phi) is 4.08. The number of hydrogen-bond donors (Lipinski definition) is 0. The van der Waals surface area contributed by atoms with Crippen molar-refractivity contribution in [2.75, 3.05) is 5.06 Å². The minimum Gasteiger partial charge on any atom is -0.302 e. The van der Waals surface area contributed by atoms with E-state index in [4.69, 9.17) is 4.94 Å². The fourth-order valence-electron chi connectivity index (χ4n) is 2.99. The van der Waals surface area contributed by atoms with Gasteiger partial charge >= 0.3 is 0 Å². The second-order valence-electron chi connectivity index (χ2n) is 6.37. The van der Waals surface area contributed by atoms with E-state index in [1.165, 1.54) is 12.1 Å². The molecule has 0 N–H and O–H groups in total. The minimum atomic E-state index is -0.426. The minimum absolute atomic E-state index is 0.00208. The van der Waals surface area contributed by atoms with Gasteiger partial charge in [0.05, 0.1) is 4.92 Å². The van der Waals surface area contributed by atoms with Gasteiger partial charge in [0.2, 0.25) is 0 Å². The van der Waals surface area contributed by atoms with Gasteiger partial charge in [0.25, 0.3) is 5.69 Å². The van der Waals surface area contributed by atoms with Gasteiger partial charge in [0.1, 0.15) is 0 Å². The Morgan fingerprint density at radius 3 is 2.85 bits per heavy atom. The number of hydrogen-bond acceptors (Lipinski definition) is 7. The highest BCUT2D eigenvalue weighted by Crippen LogP contribution is 2.29. The number of benzene rings is 1. The van der Waals surface area contributed by atoms with E-state index in [0.717, 1.165) is 11.1 Å². The number of rotatable bonds is 3. The Morgan fingerprint density at radius 1 is 1.22 bits per heavy atom. The number of non-ortho nitro benzene ring substituents is 1. The lowest BCUT2D eigenvalue weighted by atomic mass is 10.1. The zero-order chi connectivity index (χ0) is 19.0. The van der Waals surface area contributed by atoms with Crippen molar-refractivity contribution in [3.8, 4) is 0 Å². The number of nitro benzene ring substituents is 1. The molecule has 27 heavy (non-hydrogen) atoms. The molecule has 2 aromatic rings. The summed E-state index contributed by atoms with van der Waals surface area (Å²) in [4.78, 5) is 22.6. The first-order valence-corrected chi connectivity index (χ1v) is 8.40. The lowest BCUT2D eigenvalue weighted by Gasteiger charge is -2.40. The molecule has 2 aliphatic heterocycles. The standard InChI is InChI=1S/C19H17N5O3/c1-13-6-8-20-17(10-13)23-18-11-14(2)7-9-22(18)19(21-27-23)15-4-3-5-16(12-15)24(25)26/h3-12,18H,1-2H3/t18-/m1/s1. The molecule has 8 heteroatoms. The van der Waals surface area contributed by atoms with Crippen LogP contribution in [0.2, 0.25) is 0 Å². The Hall–Kier alpha value is -3.68. The van der Waals surface area contributed by atoms with Gasteiger partial charge in [0, 0.05) is 30.1 Å². The number of nitro groups is 1. The van der Waals surface area contributed by atoms with Crippen molar-refractivity contribution in [2.24, 2.45) is 5.16 Å². The normalized spacial score (nSPS) is 18.4. The van der Waals surface area contributed by atoms with E-state index < -0.39 is 4.92 Å². The Labute approximate surface area is 155 Å². The third kappa shape index (κ3) is 3.12. The first-order chi connectivity index (χ1) is 13.0. The van der Waals surface area contributed by atoms with Crippen LogP contribution in [-0.2, 0) is 4.94 Å². The molecule has 3 heterocycles. The van der Waals surface area contributed by atoms with E-state index in [2.05, 4.69) is 10.1 Å². The molecule has 8 nitrogen and oxygen atoms in total. The highest BCUT2D eigenvalue weighted by atomic mass is 16.8. The molecule has 0 saturated heterocycles. The average Bonchev–Trinajstić information content (AvgIpc) is 2.67. The van der Waals surface area contributed by atoms with Gasteiger partial charge < -0.3 is 4.90 Å². The van der Waals surface area contributed by atoms with Crippen LogP contribution in [-0.4, -0.2) is 26.8 Å². The number of aromatic nitrogens is 1. The van der Waals surface area contributed by atoms with Crippen molar-refractivity contribution in [2.45, 2.75) is 20.0 Å². The van der Waals surface area contributed by atoms with Crippen molar-refractivity contribution in [1.29, 1.82) is 0 Å². The van der Waals surface area contributed by atoms with E-state index in [0.29, 0.717) is 17.2 Å². The highest BCUT2D eigenvalue weighted by Gasteiger charge is 2.35. The average molecular weight is 363 g/mol. The molecule has 4 rings (SSSR count). The van der Waals surface area contributed by atoms with Crippen LogP contribution in [0.1, 0.15) is 18.1 Å². The Balaban J connectivity index is 1.77. The predicted molar refractivity (Wildman–Crippen MR) is 101 cm³/mol. The zero-order valence-electron chi connectivity index (χ0n) is 14.8. The largest absolute Gasteiger partial charge is 0.302 e. The van der Waals surface area contributed by atoms with E-state index in [-0.39, 0.29) is 11.9 Å². The quantitative estimate of drug-likeness (QED) is 0.613. The van der Waals surface area contributed by atoms with Crippen LogP contribution in [0.5, 0.6) is 0 Å². The van der Waals surface area contributed by atoms with E-state index >= 15 is 0 Å². The van der Waals surface area contributed by atoms with Crippen LogP contribution in [0, 0.1) is 17.0 Å². The first kappa shape index (κ1) is 16.8. The summed E-state index contributed by atoms with van der Waals surface area (Å²) in [5.74, 6) is 1.12. The molecule has 2 aliphatic rings. The summed E-state index contributed by atoms with van der Waals surface area (Å²) in [6.45, 7) is 3.97. The molecule has 0 unspecified atom stereocenters. The number of oxime groups is 1. The van der Waals surface area contributed by atoms with Crippen LogP contribution in [0.15, 0.2) is 71.7 Å². The molecule has 0 bridgehead atoms. The maximum absolute atomic E-state index is 11.1. The van der Waals surface area contributed by atoms with Crippen LogP contribution < -0.4 is 5.06 Å².